The second kappa shape index (κ2) is 3.28. The molecule has 0 spiro atoms. The van der Waals surface area contributed by atoms with Gasteiger partial charge >= 0.3 is 0 Å². The molecule has 0 aliphatic heterocycles. The standard InChI is InChI=1S/C9H11NO/c1-7-5-9(3-4-11)6-8(2)10-7/h4-6H,3H2,1-2H3. The van der Waals surface area contributed by atoms with Gasteiger partial charge in [-0.05, 0) is 31.5 Å². The lowest BCUT2D eigenvalue weighted by molar-refractivity contribution is -0.107. The second-order valence-electron chi connectivity index (χ2n) is 2.63. The van der Waals surface area contributed by atoms with Crippen LogP contribution in [-0.4, -0.2) is 11.3 Å². The van der Waals surface area contributed by atoms with Gasteiger partial charge in [-0.3, -0.25) is 4.98 Å². The summed E-state index contributed by atoms with van der Waals surface area (Å²) in [6, 6.07) is 3.86. The smallest absolute Gasteiger partial charge is 0.124 e. The normalized spacial score (nSPS) is 9.64. The fourth-order valence-corrected chi connectivity index (χ4v) is 1.14. The van der Waals surface area contributed by atoms with E-state index in [-0.39, 0.29) is 0 Å². The highest BCUT2D eigenvalue weighted by Gasteiger charge is 1.94. The second-order valence-corrected chi connectivity index (χ2v) is 2.63. The van der Waals surface area contributed by atoms with Crippen LogP contribution in [0.15, 0.2) is 12.1 Å². The van der Waals surface area contributed by atoms with Crippen LogP contribution in [0, 0.1) is 13.8 Å². The molecule has 0 saturated carbocycles. The lowest BCUT2D eigenvalue weighted by atomic mass is 10.1. The minimum atomic E-state index is 0.490. The summed E-state index contributed by atoms with van der Waals surface area (Å²) in [5, 5.41) is 0. The van der Waals surface area contributed by atoms with Gasteiger partial charge in [0, 0.05) is 17.8 Å². The van der Waals surface area contributed by atoms with Crippen LogP contribution in [-0.2, 0) is 11.2 Å². The first-order valence-electron chi connectivity index (χ1n) is 3.60. The van der Waals surface area contributed by atoms with Crippen molar-refractivity contribution in [1.29, 1.82) is 0 Å². The Morgan fingerprint density at radius 1 is 1.36 bits per heavy atom. The Morgan fingerprint density at radius 3 is 2.36 bits per heavy atom. The largest absolute Gasteiger partial charge is 0.303 e. The van der Waals surface area contributed by atoms with Gasteiger partial charge in [-0.15, -0.1) is 0 Å². The van der Waals surface area contributed by atoms with E-state index in [0.29, 0.717) is 6.42 Å². The van der Waals surface area contributed by atoms with Crippen molar-refractivity contribution in [1.82, 2.24) is 4.98 Å². The maximum Gasteiger partial charge on any atom is 0.124 e. The number of hydrogen-bond donors (Lipinski definition) is 0. The molecule has 0 atom stereocenters. The molecule has 0 N–H and O–H groups in total. The molecule has 1 aromatic heterocycles. The Hall–Kier alpha value is -1.18. The summed E-state index contributed by atoms with van der Waals surface area (Å²) >= 11 is 0. The lowest BCUT2D eigenvalue weighted by Crippen LogP contribution is -1.92. The topological polar surface area (TPSA) is 30.0 Å². The Morgan fingerprint density at radius 2 is 1.91 bits per heavy atom. The van der Waals surface area contributed by atoms with Crippen molar-refractivity contribution in [2.24, 2.45) is 0 Å². The number of carbonyl (C=O) groups is 1. The van der Waals surface area contributed by atoms with Crippen molar-refractivity contribution in [3.05, 3.63) is 29.1 Å². The van der Waals surface area contributed by atoms with E-state index in [9.17, 15) is 4.79 Å². The molecule has 11 heavy (non-hydrogen) atoms. The molecule has 0 aromatic carbocycles. The highest BCUT2D eigenvalue weighted by molar-refractivity contribution is 5.54. The maximum absolute atomic E-state index is 10.2. The Labute approximate surface area is 66.3 Å². The molecule has 2 nitrogen and oxygen atoms in total. The molecule has 58 valence electrons. The summed E-state index contributed by atoms with van der Waals surface area (Å²) in [5.74, 6) is 0. The summed E-state index contributed by atoms with van der Waals surface area (Å²) in [4.78, 5) is 14.4. The number of hydrogen-bond acceptors (Lipinski definition) is 2. The van der Waals surface area contributed by atoms with Crippen molar-refractivity contribution < 1.29 is 4.79 Å². The molecule has 0 bridgehead atoms. The van der Waals surface area contributed by atoms with Crippen LogP contribution < -0.4 is 0 Å². The van der Waals surface area contributed by atoms with Gasteiger partial charge in [0.1, 0.15) is 6.29 Å². The number of aldehydes is 1. The van der Waals surface area contributed by atoms with Gasteiger partial charge in [-0.2, -0.15) is 0 Å². The minimum Gasteiger partial charge on any atom is -0.303 e. The van der Waals surface area contributed by atoms with E-state index >= 15 is 0 Å². The summed E-state index contributed by atoms with van der Waals surface area (Å²) in [5.41, 5.74) is 2.99. The molecule has 0 amide bonds. The van der Waals surface area contributed by atoms with Crippen LogP contribution in [0.25, 0.3) is 0 Å². The van der Waals surface area contributed by atoms with Crippen molar-refractivity contribution >= 4 is 6.29 Å². The number of carbonyl (C=O) groups excluding carboxylic acids is 1. The van der Waals surface area contributed by atoms with Crippen LogP contribution in [0.3, 0.4) is 0 Å². The summed E-state index contributed by atoms with van der Waals surface area (Å²) in [6.45, 7) is 3.86. The van der Waals surface area contributed by atoms with Crippen molar-refractivity contribution in [2.45, 2.75) is 20.3 Å². The monoisotopic (exact) mass is 149 g/mol. The summed E-state index contributed by atoms with van der Waals surface area (Å²) < 4.78 is 0. The molecule has 1 aromatic rings. The molecule has 2 heteroatoms. The van der Waals surface area contributed by atoms with Gasteiger partial charge in [0.05, 0.1) is 0 Å². The van der Waals surface area contributed by atoms with Gasteiger partial charge in [0.2, 0.25) is 0 Å². The predicted molar refractivity (Wildman–Crippen MR) is 43.5 cm³/mol. The SMILES string of the molecule is Cc1cc(CC=O)cc(C)n1. The minimum absolute atomic E-state index is 0.490. The van der Waals surface area contributed by atoms with E-state index in [2.05, 4.69) is 4.98 Å². The first-order chi connectivity index (χ1) is 5.22. The summed E-state index contributed by atoms with van der Waals surface area (Å²) in [7, 11) is 0. The van der Waals surface area contributed by atoms with Gasteiger partial charge in [0.15, 0.2) is 0 Å². The van der Waals surface area contributed by atoms with E-state index in [1.165, 1.54) is 0 Å². The molecule has 0 fully saturated rings. The molecule has 0 aliphatic rings. The molecule has 0 unspecified atom stereocenters. The number of aromatic nitrogens is 1. The van der Waals surface area contributed by atoms with Gasteiger partial charge < -0.3 is 4.79 Å². The lowest BCUT2D eigenvalue weighted by Gasteiger charge is -1.99. The molecular formula is C9H11NO. The molecular weight excluding hydrogens is 138 g/mol. The first-order valence-corrected chi connectivity index (χ1v) is 3.60. The third-order valence-corrected chi connectivity index (χ3v) is 1.46. The average molecular weight is 149 g/mol. The third-order valence-electron chi connectivity index (χ3n) is 1.46. The van der Waals surface area contributed by atoms with E-state index in [4.69, 9.17) is 0 Å². The van der Waals surface area contributed by atoms with E-state index in [1.807, 2.05) is 26.0 Å². The van der Waals surface area contributed by atoms with Crippen LogP contribution in [0.5, 0.6) is 0 Å². The Kier molecular flexibility index (Phi) is 2.36. The van der Waals surface area contributed by atoms with Crippen molar-refractivity contribution in [3.8, 4) is 0 Å². The average Bonchev–Trinajstić information content (AvgIpc) is 1.85. The molecule has 0 aliphatic carbocycles. The molecule has 1 heterocycles. The van der Waals surface area contributed by atoms with Crippen LogP contribution in [0.1, 0.15) is 17.0 Å². The maximum atomic E-state index is 10.2. The number of pyridine rings is 1. The van der Waals surface area contributed by atoms with Gasteiger partial charge in [0.25, 0.3) is 0 Å². The van der Waals surface area contributed by atoms with E-state index in [0.717, 1.165) is 23.2 Å². The number of aryl methyl sites for hydroxylation is 2. The zero-order valence-electron chi connectivity index (χ0n) is 6.79. The Balaban J connectivity index is 2.98. The van der Waals surface area contributed by atoms with Crippen LogP contribution in [0.2, 0.25) is 0 Å². The Bertz CT molecular complexity index is 248. The van der Waals surface area contributed by atoms with Crippen LogP contribution in [0.4, 0.5) is 0 Å². The predicted octanol–water partition coefficient (Wildman–Crippen LogP) is 1.44. The highest BCUT2D eigenvalue weighted by atomic mass is 16.1. The van der Waals surface area contributed by atoms with Crippen molar-refractivity contribution in [2.75, 3.05) is 0 Å². The molecule has 1 rings (SSSR count). The van der Waals surface area contributed by atoms with Gasteiger partial charge in [-0.1, -0.05) is 0 Å². The number of rotatable bonds is 2. The third kappa shape index (κ3) is 2.15. The summed E-state index contributed by atoms with van der Waals surface area (Å²) in [6.07, 6.45) is 1.40. The molecule has 0 radical (unpaired) electrons. The van der Waals surface area contributed by atoms with E-state index < -0.39 is 0 Å². The fraction of sp³-hybridized carbons (Fsp3) is 0.333. The van der Waals surface area contributed by atoms with Crippen molar-refractivity contribution in [3.63, 3.8) is 0 Å². The molecule has 0 saturated heterocycles. The zero-order valence-corrected chi connectivity index (χ0v) is 6.79. The van der Waals surface area contributed by atoms with Gasteiger partial charge in [-0.25, -0.2) is 0 Å². The van der Waals surface area contributed by atoms with E-state index in [1.54, 1.807) is 0 Å². The zero-order chi connectivity index (χ0) is 8.27. The highest BCUT2D eigenvalue weighted by Crippen LogP contribution is 2.04. The fourth-order valence-electron chi connectivity index (χ4n) is 1.14. The van der Waals surface area contributed by atoms with Crippen LogP contribution >= 0.6 is 0 Å². The quantitative estimate of drug-likeness (QED) is 0.595. The number of nitrogens with zero attached hydrogens (tertiary/aromatic N) is 1. The first kappa shape index (κ1) is 7.92.